The van der Waals surface area contributed by atoms with Crippen molar-refractivity contribution in [3.05, 3.63) is 65.0 Å². The zero-order valence-corrected chi connectivity index (χ0v) is 19.2. The third-order valence-electron chi connectivity index (χ3n) is 6.20. The van der Waals surface area contributed by atoms with E-state index in [1.165, 1.54) is 11.2 Å². The lowest BCUT2D eigenvalue weighted by molar-refractivity contribution is -0.143. The van der Waals surface area contributed by atoms with Gasteiger partial charge in [-0.05, 0) is 47.9 Å². The topological polar surface area (TPSA) is 89.9 Å². The molecule has 4 aromatic rings. The maximum absolute atomic E-state index is 13.2. The lowest BCUT2D eigenvalue weighted by Gasteiger charge is -2.19. The number of anilines is 2. The molecule has 0 fully saturated rings. The average Bonchev–Trinajstić information content (AvgIpc) is 3.39. The molecule has 0 unspecified atom stereocenters. The number of fused-ring (bicyclic) bond motifs is 2. The summed E-state index contributed by atoms with van der Waals surface area (Å²) < 4.78 is 80.7. The number of nitrogens with two attached hydrogens (primary N) is 1. The van der Waals surface area contributed by atoms with Crippen molar-refractivity contribution in [3.8, 4) is 11.3 Å². The Hall–Kier alpha value is -4.16. The largest absolute Gasteiger partial charge is 0.416 e. The van der Waals surface area contributed by atoms with Crippen LogP contribution < -0.4 is 10.6 Å². The van der Waals surface area contributed by atoms with Gasteiger partial charge in [0.25, 0.3) is 0 Å². The van der Waals surface area contributed by atoms with Crippen LogP contribution in [0.4, 0.5) is 37.8 Å². The van der Waals surface area contributed by atoms with Crippen molar-refractivity contribution in [3.63, 3.8) is 0 Å². The van der Waals surface area contributed by atoms with Crippen LogP contribution in [-0.4, -0.2) is 32.2 Å². The molecular weight excluding hydrogens is 502 g/mol. The molecule has 1 aliphatic rings. The Bertz CT molecular complexity index is 1510. The molecule has 2 N–H and O–H groups in total. The second kappa shape index (κ2) is 8.46. The van der Waals surface area contributed by atoms with Gasteiger partial charge in [0.2, 0.25) is 5.91 Å². The van der Waals surface area contributed by atoms with Gasteiger partial charge < -0.3 is 10.6 Å². The molecule has 0 atom stereocenters. The summed E-state index contributed by atoms with van der Waals surface area (Å²) in [4.78, 5) is 22.6. The first kappa shape index (κ1) is 24.5. The van der Waals surface area contributed by atoms with Crippen molar-refractivity contribution < 1.29 is 31.1 Å². The Labute approximate surface area is 205 Å². The van der Waals surface area contributed by atoms with E-state index in [9.17, 15) is 31.1 Å². The van der Waals surface area contributed by atoms with E-state index >= 15 is 0 Å². The van der Waals surface area contributed by atoms with Crippen LogP contribution in [0, 0.1) is 0 Å². The molecule has 2 aromatic carbocycles. The summed E-state index contributed by atoms with van der Waals surface area (Å²) in [5.74, 6) is -0.357. The molecule has 192 valence electrons. The fraction of sp³-hybridized carbons (Fsp3) is 0.250. The number of nitrogens with zero attached hydrogens (tertiary/aromatic N) is 5. The van der Waals surface area contributed by atoms with Crippen LogP contribution in [0.25, 0.3) is 22.3 Å². The number of alkyl halides is 6. The standard InChI is InChI=1S/C24H18F6N6O/c1-35-22-19(21(31)32-11-33-22)20(34-35)14-2-3-17-13(9-14)4-5-36(17)18(37)8-12-6-15(23(25,26)27)10-16(7-12)24(28,29)30/h2-3,6-7,9-11H,4-5,8H2,1H3,(H2,31,32,33). The number of rotatable bonds is 3. The molecule has 1 aliphatic heterocycles. The summed E-state index contributed by atoms with van der Waals surface area (Å²) in [5.41, 5.74) is 5.85. The first-order valence-corrected chi connectivity index (χ1v) is 11.0. The first-order chi connectivity index (χ1) is 17.3. The number of aryl methyl sites for hydroxylation is 1. The van der Waals surface area contributed by atoms with E-state index < -0.39 is 35.8 Å². The fourth-order valence-electron chi connectivity index (χ4n) is 4.51. The van der Waals surface area contributed by atoms with Crippen LogP contribution in [-0.2, 0) is 37.0 Å². The average molecular weight is 520 g/mol. The number of hydrogen-bond acceptors (Lipinski definition) is 5. The third-order valence-corrected chi connectivity index (χ3v) is 6.20. The zero-order valence-electron chi connectivity index (χ0n) is 19.2. The number of hydrogen-bond donors (Lipinski definition) is 1. The maximum atomic E-state index is 13.2. The minimum Gasteiger partial charge on any atom is -0.383 e. The van der Waals surface area contributed by atoms with Gasteiger partial charge in [-0.3, -0.25) is 4.79 Å². The Morgan fingerprint density at radius 3 is 2.32 bits per heavy atom. The summed E-state index contributed by atoms with van der Waals surface area (Å²) in [5, 5.41) is 5.05. The van der Waals surface area contributed by atoms with Gasteiger partial charge in [-0.1, -0.05) is 6.07 Å². The second-order valence-corrected chi connectivity index (χ2v) is 8.66. The van der Waals surface area contributed by atoms with Gasteiger partial charge >= 0.3 is 12.4 Å². The van der Waals surface area contributed by atoms with Crippen molar-refractivity contribution in [1.29, 1.82) is 0 Å². The van der Waals surface area contributed by atoms with Crippen molar-refractivity contribution in [2.24, 2.45) is 7.05 Å². The molecule has 0 spiro atoms. The summed E-state index contributed by atoms with van der Waals surface area (Å²) in [6.45, 7) is 0.233. The molecule has 13 heteroatoms. The summed E-state index contributed by atoms with van der Waals surface area (Å²) in [7, 11) is 1.71. The van der Waals surface area contributed by atoms with E-state index in [1.54, 1.807) is 23.9 Å². The molecule has 7 nitrogen and oxygen atoms in total. The van der Waals surface area contributed by atoms with Crippen molar-refractivity contribution in [2.45, 2.75) is 25.2 Å². The first-order valence-electron chi connectivity index (χ1n) is 11.0. The molecule has 0 radical (unpaired) electrons. The predicted octanol–water partition coefficient (Wildman–Crippen LogP) is 4.78. The minimum atomic E-state index is -4.99. The smallest absolute Gasteiger partial charge is 0.383 e. The van der Waals surface area contributed by atoms with Crippen molar-refractivity contribution in [2.75, 3.05) is 17.2 Å². The number of nitrogen functional groups attached to an aromatic ring is 1. The highest BCUT2D eigenvalue weighted by Gasteiger charge is 2.37. The quantitative estimate of drug-likeness (QED) is 0.393. The Morgan fingerprint density at radius 2 is 1.68 bits per heavy atom. The number of carbonyl (C=O) groups is 1. The van der Waals surface area contributed by atoms with Crippen LogP contribution >= 0.6 is 0 Å². The molecule has 37 heavy (non-hydrogen) atoms. The minimum absolute atomic E-state index is 0.0414. The van der Waals surface area contributed by atoms with Gasteiger partial charge in [0.05, 0.1) is 22.9 Å². The molecule has 2 aromatic heterocycles. The molecule has 0 saturated carbocycles. The van der Waals surface area contributed by atoms with Crippen molar-refractivity contribution in [1.82, 2.24) is 19.7 Å². The molecule has 1 amide bonds. The van der Waals surface area contributed by atoms with Crippen LogP contribution in [0.1, 0.15) is 22.3 Å². The molecule has 0 bridgehead atoms. The van der Waals surface area contributed by atoms with Crippen molar-refractivity contribution >= 4 is 28.4 Å². The van der Waals surface area contributed by atoms with Crippen LogP contribution in [0.2, 0.25) is 0 Å². The number of amides is 1. The molecule has 0 saturated heterocycles. The van der Waals surface area contributed by atoms with Gasteiger partial charge in [0, 0.05) is 24.8 Å². The predicted molar refractivity (Wildman–Crippen MR) is 122 cm³/mol. The van der Waals surface area contributed by atoms with E-state index in [0.29, 0.717) is 46.5 Å². The fourth-order valence-corrected chi connectivity index (χ4v) is 4.51. The van der Waals surface area contributed by atoms with E-state index in [-0.39, 0.29) is 24.0 Å². The number of carbonyl (C=O) groups excluding carboxylic acids is 1. The highest BCUT2D eigenvalue weighted by Crippen LogP contribution is 2.38. The molecule has 0 aliphatic carbocycles. The van der Waals surface area contributed by atoms with E-state index in [1.807, 2.05) is 6.07 Å². The Balaban J connectivity index is 1.45. The summed E-state index contributed by atoms with van der Waals surface area (Å²) in [6, 6.07) is 6.40. The lowest BCUT2D eigenvalue weighted by atomic mass is 10.0. The number of halogens is 6. The van der Waals surface area contributed by atoms with Crippen LogP contribution in [0.15, 0.2) is 42.7 Å². The lowest BCUT2D eigenvalue weighted by Crippen LogP contribution is -2.30. The Kier molecular flexibility index (Phi) is 5.61. The number of aromatic nitrogens is 4. The van der Waals surface area contributed by atoms with Gasteiger partial charge in [-0.25, -0.2) is 14.6 Å². The highest BCUT2D eigenvalue weighted by atomic mass is 19.4. The van der Waals surface area contributed by atoms with Gasteiger partial charge in [-0.15, -0.1) is 0 Å². The third kappa shape index (κ3) is 4.45. The zero-order chi connectivity index (χ0) is 26.7. The monoisotopic (exact) mass is 520 g/mol. The summed E-state index contributed by atoms with van der Waals surface area (Å²) in [6.07, 6.45) is -8.81. The van der Waals surface area contributed by atoms with E-state index in [0.717, 1.165) is 5.56 Å². The normalized spacial score (nSPS) is 13.9. The second-order valence-electron chi connectivity index (χ2n) is 8.66. The SMILES string of the molecule is Cn1nc(-c2ccc3c(c2)CCN3C(=O)Cc2cc(C(F)(F)F)cc(C(F)(F)F)c2)c2c(N)ncnc21. The summed E-state index contributed by atoms with van der Waals surface area (Å²) >= 11 is 0. The molecule has 3 heterocycles. The van der Waals surface area contributed by atoms with Gasteiger partial charge in [0.1, 0.15) is 17.8 Å². The number of benzene rings is 2. The Morgan fingerprint density at radius 1 is 1.00 bits per heavy atom. The van der Waals surface area contributed by atoms with Gasteiger partial charge in [-0.2, -0.15) is 31.4 Å². The van der Waals surface area contributed by atoms with Crippen LogP contribution in [0.3, 0.4) is 0 Å². The van der Waals surface area contributed by atoms with Crippen LogP contribution in [0.5, 0.6) is 0 Å². The molecule has 5 rings (SSSR count). The van der Waals surface area contributed by atoms with E-state index in [2.05, 4.69) is 15.1 Å². The molecular formula is C24H18F6N6O. The maximum Gasteiger partial charge on any atom is 0.416 e. The highest BCUT2D eigenvalue weighted by molar-refractivity contribution is 6.00. The van der Waals surface area contributed by atoms with Gasteiger partial charge in [0.15, 0.2) is 5.65 Å². The van der Waals surface area contributed by atoms with E-state index in [4.69, 9.17) is 5.73 Å².